The first-order valence-corrected chi connectivity index (χ1v) is 6.98. The third-order valence-electron chi connectivity index (χ3n) is 4.16. The van der Waals surface area contributed by atoms with Crippen LogP contribution in [0.1, 0.15) is 52.4 Å². The van der Waals surface area contributed by atoms with Crippen LogP contribution in [-0.4, -0.2) is 36.2 Å². The second-order valence-corrected chi connectivity index (χ2v) is 5.64. The molecule has 2 heteroatoms. The average molecular weight is 227 g/mol. The molecule has 2 nitrogen and oxygen atoms in total. The van der Waals surface area contributed by atoms with E-state index in [1.54, 1.807) is 0 Å². The fourth-order valence-corrected chi connectivity index (χ4v) is 3.33. The van der Waals surface area contributed by atoms with Gasteiger partial charge >= 0.3 is 0 Å². The molecule has 0 heterocycles. The van der Waals surface area contributed by atoms with Crippen LogP contribution in [0.4, 0.5) is 0 Å². The van der Waals surface area contributed by atoms with Crippen LogP contribution >= 0.6 is 0 Å². The van der Waals surface area contributed by atoms with Crippen molar-refractivity contribution in [2.75, 3.05) is 20.2 Å². The van der Waals surface area contributed by atoms with Crippen molar-refractivity contribution < 1.29 is 5.11 Å². The largest absolute Gasteiger partial charge is 0.396 e. The Hall–Kier alpha value is -0.0800. The average Bonchev–Trinajstić information content (AvgIpc) is 2.40. The van der Waals surface area contributed by atoms with Crippen LogP contribution in [0.5, 0.6) is 0 Å². The molecule has 2 atom stereocenters. The van der Waals surface area contributed by atoms with Gasteiger partial charge in [0.05, 0.1) is 0 Å². The summed E-state index contributed by atoms with van der Waals surface area (Å²) < 4.78 is 0. The molecule has 0 aliphatic heterocycles. The van der Waals surface area contributed by atoms with E-state index in [1.165, 1.54) is 25.7 Å². The minimum absolute atomic E-state index is 0.337. The van der Waals surface area contributed by atoms with Gasteiger partial charge in [-0.05, 0) is 51.1 Å². The number of nitrogens with zero attached hydrogens (tertiary/aromatic N) is 1. The summed E-state index contributed by atoms with van der Waals surface area (Å²) in [7, 11) is 2.26. The Balaban J connectivity index is 2.45. The quantitative estimate of drug-likeness (QED) is 0.576. The van der Waals surface area contributed by atoms with Gasteiger partial charge in [-0.15, -0.1) is 0 Å². The van der Waals surface area contributed by atoms with E-state index < -0.39 is 0 Å². The minimum atomic E-state index is 0.337. The van der Waals surface area contributed by atoms with Gasteiger partial charge in [0.15, 0.2) is 0 Å². The molecule has 1 saturated carbocycles. The van der Waals surface area contributed by atoms with Crippen molar-refractivity contribution in [2.45, 2.75) is 58.4 Å². The molecule has 0 aromatic carbocycles. The van der Waals surface area contributed by atoms with Crippen LogP contribution in [0, 0.1) is 11.8 Å². The molecule has 16 heavy (non-hydrogen) atoms. The van der Waals surface area contributed by atoms with Crippen molar-refractivity contribution in [2.24, 2.45) is 11.8 Å². The fourth-order valence-electron chi connectivity index (χ4n) is 3.33. The van der Waals surface area contributed by atoms with Crippen molar-refractivity contribution in [3.63, 3.8) is 0 Å². The van der Waals surface area contributed by atoms with Gasteiger partial charge in [-0.2, -0.15) is 0 Å². The summed E-state index contributed by atoms with van der Waals surface area (Å²) in [6, 6.07) is 0.751. The molecule has 1 aliphatic rings. The van der Waals surface area contributed by atoms with Gasteiger partial charge in [-0.3, -0.25) is 0 Å². The number of hydrogen-bond donors (Lipinski definition) is 1. The smallest absolute Gasteiger partial charge is 0.0431 e. The summed E-state index contributed by atoms with van der Waals surface area (Å²) in [5, 5.41) is 8.82. The van der Waals surface area contributed by atoms with Crippen molar-refractivity contribution in [3.8, 4) is 0 Å². The lowest BCUT2D eigenvalue weighted by molar-refractivity contribution is 0.127. The van der Waals surface area contributed by atoms with Gasteiger partial charge in [-0.25, -0.2) is 0 Å². The molecule has 0 amide bonds. The highest BCUT2D eigenvalue weighted by Gasteiger charge is 2.28. The van der Waals surface area contributed by atoms with E-state index in [2.05, 4.69) is 25.8 Å². The Morgan fingerprint density at radius 2 is 1.62 bits per heavy atom. The monoisotopic (exact) mass is 227 g/mol. The van der Waals surface area contributed by atoms with Crippen molar-refractivity contribution in [3.05, 3.63) is 0 Å². The van der Waals surface area contributed by atoms with Crippen molar-refractivity contribution >= 4 is 0 Å². The van der Waals surface area contributed by atoms with Gasteiger partial charge < -0.3 is 10.0 Å². The highest BCUT2D eigenvalue weighted by Crippen LogP contribution is 2.30. The van der Waals surface area contributed by atoms with Gasteiger partial charge in [-0.1, -0.05) is 26.7 Å². The van der Waals surface area contributed by atoms with Crippen molar-refractivity contribution in [1.82, 2.24) is 4.90 Å². The molecule has 1 fully saturated rings. The summed E-state index contributed by atoms with van der Waals surface area (Å²) in [6.45, 7) is 6.30. The predicted molar refractivity (Wildman–Crippen MR) is 69.5 cm³/mol. The molecule has 0 aromatic heterocycles. The van der Waals surface area contributed by atoms with Crippen molar-refractivity contribution in [1.29, 1.82) is 0 Å². The third-order valence-corrected chi connectivity index (χ3v) is 4.16. The maximum absolute atomic E-state index is 8.82. The second kappa shape index (κ2) is 7.29. The second-order valence-electron chi connectivity index (χ2n) is 5.64. The van der Waals surface area contributed by atoms with Crippen LogP contribution in [0.25, 0.3) is 0 Å². The lowest BCUT2D eigenvalue weighted by Crippen LogP contribution is -2.41. The first-order chi connectivity index (χ1) is 7.66. The number of unbranched alkanes of at least 4 members (excludes halogenated alkanes) is 1. The molecule has 0 aromatic rings. The van der Waals surface area contributed by atoms with Gasteiger partial charge in [0.1, 0.15) is 0 Å². The molecular formula is C14H29NO. The molecule has 0 radical (unpaired) electrons. The topological polar surface area (TPSA) is 23.5 Å². The molecule has 0 spiro atoms. The molecule has 1 aliphatic carbocycles. The SMILES string of the molecule is CC1CCCCC(C)C1N(C)CCCCO. The normalized spacial score (nSPS) is 31.7. The number of aliphatic hydroxyl groups excluding tert-OH is 1. The summed E-state index contributed by atoms with van der Waals surface area (Å²) in [5.74, 6) is 1.66. The minimum Gasteiger partial charge on any atom is -0.396 e. The van der Waals surface area contributed by atoms with Crippen LogP contribution in [0.3, 0.4) is 0 Å². The molecule has 1 rings (SSSR count). The van der Waals surface area contributed by atoms with Crippen LogP contribution < -0.4 is 0 Å². The zero-order chi connectivity index (χ0) is 12.0. The fraction of sp³-hybridized carbons (Fsp3) is 1.00. The molecule has 96 valence electrons. The van der Waals surface area contributed by atoms with Gasteiger partial charge in [0.2, 0.25) is 0 Å². The van der Waals surface area contributed by atoms with E-state index in [9.17, 15) is 0 Å². The maximum atomic E-state index is 8.82. The first kappa shape index (κ1) is 14.0. The highest BCUT2D eigenvalue weighted by atomic mass is 16.2. The van der Waals surface area contributed by atoms with E-state index in [0.717, 1.165) is 37.3 Å². The summed E-state index contributed by atoms with van der Waals surface area (Å²) in [4.78, 5) is 2.54. The lowest BCUT2D eigenvalue weighted by atomic mass is 9.88. The van der Waals surface area contributed by atoms with Gasteiger partial charge in [0, 0.05) is 12.6 Å². The predicted octanol–water partition coefficient (Wildman–Crippen LogP) is 2.91. The van der Waals surface area contributed by atoms with E-state index in [-0.39, 0.29) is 0 Å². The van der Waals surface area contributed by atoms with Crippen LogP contribution in [0.2, 0.25) is 0 Å². The summed E-state index contributed by atoms with van der Waals surface area (Å²) in [6.07, 6.45) is 7.67. The number of rotatable bonds is 5. The standard InChI is InChI=1S/C14H29NO/c1-12-8-4-5-9-13(2)14(12)15(3)10-6-7-11-16/h12-14,16H,4-11H2,1-3H3. The zero-order valence-electron chi connectivity index (χ0n) is 11.3. The van der Waals surface area contributed by atoms with E-state index >= 15 is 0 Å². The first-order valence-electron chi connectivity index (χ1n) is 6.98. The maximum Gasteiger partial charge on any atom is 0.0431 e. The Bertz CT molecular complexity index is 172. The molecular weight excluding hydrogens is 198 g/mol. The summed E-state index contributed by atoms with van der Waals surface area (Å²) >= 11 is 0. The molecule has 0 bridgehead atoms. The highest BCUT2D eigenvalue weighted by molar-refractivity contribution is 4.82. The Morgan fingerprint density at radius 3 is 2.12 bits per heavy atom. The molecule has 1 N–H and O–H groups in total. The molecule has 2 unspecified atom stereocenters. The molecule has 0 saturated heterocycles. The summed E-state index contributed by atoms with van der Waals surface area (Å²) in [5.41, 5.74) is 0. The van der Waals surface area contributed by atoms with Crippen LogP contribution in [-0.2, 0) is 0 Å². The van der Waals surface area contributed by atoms with Gasteiger partial charge in [0.25, 0.3) is 0 Å². The van der Waals surface area contributed by atoms with Crippen LogP contribution in [0.15, 0.2) is 0 Å². The Labute approximate surface area is 101 Å². The van der Waals surface area contributed by atoms with E-state index in [0.29, 0.717) is 6.61 Å². The van der Waals surface area contributed by atoms with E-state index in [4.69, 9.17) is 5.11 Å². The number of aliphatic hydroxyl groups is 1. The Morgan fingerprint density at radius 1 is 1.06 bits per heavy atom. The zero-order valence-corrected chi connectivity index (χ0v) is 11.3. The number of hydrogen-bond acceptors (Lipinski definition) is 2. The van der Waals surface area contributed by atoms with E-state index in [1.807, 2.05) is 0 Å². The third kappa shape index (κ3) is 4.06. The Kier molecular flexibility index (Phi) is 6.37. The lowest BCUT2D eigenvalue weighted by Gasteiger charge is -2.36.